The van der Waals surface area contributed by atoms with Crippen LogP contribution >= 0.6 is 0 Å². The van der Waals surface area contributed by atoms with Crippen molar-refractivity contribution in [3.8, 4) is 0 Å². The molecule has 0 spiro atoms. The maximum absolute atomic E-state index is 13.4. The Hall–Kier alpha value is -2.20. The fourth-order valence-corrected chi connectivity index (χ4v) is 5.83. The van der Waals surface area contributed by atoms with Gasteiger partial charge in [0.2, 0.25) is 0 Å². The smallest absolute Gasteiger partial charge is 0.255 e. The van der Waals surface area contributed by atoms with Crippen LogP contribution in [0.2, 0.25) is 0 Å². The maximum atomic E-state index is 13.4. The molecule has 1 saturated carbocycles. The van der Waals surface area contributed by atoms with Crippen LogP contribution in [-0.2, 0) is 0 Å². The Labute approximate surface area is 167 Å². The number of amides is 1. The number of hydrogen-bond acceptors (Lipinski definition) is 3. The first-order valence-electron chi connectivity index (χ1n) is 10.7. The molecule has 146 valence electrons. The van der Waals surface area contributed by atoms with E-state index in [1.807, 2.05) is 12.1 Å². The van der Waals surface area contributed by atoms with Crippen molar-refractivity contribution in [2.75, 3.05) is 19.6 Å². The molecule has 2 saturated heterocycles. The number of benzene rings is 1. The van der Waals surface area contributed by atoms with Gasteiger partial charge in [0, 0.05) is 44.0 Å². The molecule has 1 amide bonds. The molecule has 1 aliphatic carbocycles. The lowest BCUT2D eigenvalue weighted by Crippen LogP contribution is -2.38. The Morgan fingerprint density at radius 3 is 2.61 bits per heavy atom. The van der Waals surface area contributed by atoms with Crippen molar-refractivity contribution in [1.82, 2.24) is 14.8 Å². The number of rotatable bonds is 3. The molecular weight excluding hydrogens is 346 g/mol. The van der Waals surface area contributed by atoms with Gasteiger partial charge in [-0.05, 0) is 48.9 Å². The molecule has 28 heavy (non-hydrogen) atoms. The molecule has 0 N–H and O–H groups in total. The maximum Gasteiger partial charge on any atom is 0.255 e. The summed E-state index contributed by atoms with van der Waals surface area (Å²) in [6, 6.07) is 13.3. The van der Waals surface area contributed by atoms with Crippen molar-refractivity contribution < 1.29 is 4.79 Å². The Balaban J connectivity index is 1.47. The van der Waals surface area contributed by atoms with Gasteiger partial charge >= 0.3 is 0 Å². The molecule has 4 heteroatoms. The average Bonchev–Trinajstić information content (AvgIpc) is 3.44. The van der Waals surface area contributed by atoms with Crippen LogP contribution in [0.5, 0.6) is 0 Å². The molecule has 5 rings (SSSR count). The fourth-order valence-electron chi connectivity index (χ4n) is 5.83. The summed E-state index contributed by atoms with van der Waals surface area (Å²) in [5.74, 6) is 1.23. The van der Waals surface area contributed by atoms with Gasteiger partial charge < -0.3 is 4.90 Å². The first kappa shape index (κ1) is 17.9. The van der Waals surface area contributed by atoms with Crippen LogP contribution in [0, 0.1) is 18.8 Å². The fraction of sp³-hybridized carbons (Fsp3) is 0.500. The quantitative estimate of drug-likeness (QED) is 0.811. The van der Waals surface area contributed by atoms with Gasteiger partial charge in [-0.15, -0.1) is 0 Å². The van der Waals surface area contributed by atoms with E-state index in [1.54, 1.807) is 12.4 Å². The predicted octanol–water partition coefficient (Wildman–Crippen LogP) is 4.08. The molecule has 1 aromatic heterocycles. The predicted molar refractivity (Wildman–Crippen MR) is 110 cm³/mol. The van der Waals surface area contributed by atoms with Crippen molar-refractivity contribution in [3.05, 3.63) is 65.5 Å². The number of aryl methyl sites for hydroxylation is 1. The summed E-state index contributed by atoms with van der Waals surface area (Å²) < 4.78 is 0. The van der Waals surface area contributed by atoms with Crippen LogP contribution in [0.1, 0.15) is 53.2 Å². The third kappa shape index (κ3) is 3.04. The number of pyridine rings is 1. The van der Waals surface area contributed by atoms with Gasteiger partial charge in [0.15, 0.2) is 0 Å². The highest BCUT2D eigenvalue weighted by Gasteiger charge is 2.50. The Morgan fingerprint density at radius 1 is 1.04 bits per heavy atom. The largest absolute Gasteiger partial charge is 0.331 e. The lowest BCUT2D eigenvalue weighted by molar-refractivity contribution is 0.0692. The molecule has 0 unspecified atom stereocenters. The zero-order chi connectivity index (χ0) is 19.1. The molecule has 0 radical (unpaired) electrons. The monoisotopic (exact) mass is 375 g/mol. The van der Waals surface area contributed by atoms with E-state index in [0.717, 1.165) is 25.7 Å². The van der Waals surface area contributed by atoms with Gasteiger partial charge in [0.05, 0.1) is 11.6 Å². The van der Waals surface area contributed by atoms with Crippen LogP contribution < -0.4 is 0 Å². The Morgan fingerprint density at radius 2 is 1.86 bits per heavy atom. The minimum absolute atomic E-state index is 0.128. The SMILES string of the molecule is Cc1ccccc1[C@@H]1[C@H]2CN(C3CCCC3)C[C@H]2CN1C(=O)c1cccnc1. The standard InChI is InChI=1S/C24H29N3O/c1-17-7-2-5-11-21(17)23-22-16-26(20-9-3-4-10-20)14-19(22)15-27(23)24(28)18-8-6-12-25-13-18/h2,5-8,11-13,19-20,22-23H,3-4,9-10,14-16H2,1H3/t19-,22-,23+/m0/s1. The minimum Gasteiger partial charge on any atom is -0.331 e. The highest BCUT2D eigenvalue weighted by atomic mass is 16.2. The zero-order valence-corrected chi connectivity index (χ0v) is 16.6. The van der Waals surface area contributed by atoms with Gasteiger partial charge in [-0.2, -0.15) is 0 Å². The van der Waals surface area contributed by atoms with Gasteiger partial charge in [0.1, 0.15) is 0 Å². The molecule has 1 aromatic carbocycles. The van der Waals surface area contributed by atoms with Crippen LogP contribution in [0.25, 0.3) is 0 Å². The zero-order valence-electron chi connectivity index (χ0n) is 16.6. The minimum atomic E-state index is 0.128. The number of fused-ring (bicyclic) bond motifs is 1. The summed E-state index contributed by atoms with van der Waals surface area (Å²) in [5, 5.41) is 0. The Kier molecular flexibility index (Phi) is 4.67. The van der Waals surface area contributed by atoms with Gasteiger partial charge in [-0.3, -0.25) is 14.7 Å². The summed E-state index contributed by atoms with van der Waals surface area (Å²) >= 11 is 0. The highest BCUT2D eigenvalue weighted by molar-refractivity contribution is 5.94. The second-order valence-electron chi connectivity index (χ2n) is 8.82. The average molecular weight is 376 g/mol. The summed E-state index contributed by atoms with van der Waals surface area (Å²) in [5.41, 5.74) is 3.31. The number of likely N-dealkylation sites (tertiary alicyclic amines) is 2. The number of nitrogens with zero attached hydrogens (tertiary/aromatic N) is 3. The third-order valence-electron chi connectivity index (χ3n) is 7.21. The molecule has 3 heterocycles. The number of carbonyl (C=O) groups excluding carboxylic acids is 1. The van der Waals surface area contributed by atoms with Crippen LogP contribution in [0.3, 0.4) is 0 Å². The second-order valence-corrected chi connectivity index (χ2v) is 8.82. The number of hydrogen-bond donors (Lipinski definition) is 0. The van der Waals surface area contributed by atoms with Gasteiger partial charge in [-0.25, -0.2) is 0 Å². The third-order valence-corrected chi connectivity index (χ3v) is 7.21. The molecule has 3 fully saturated rings. The van der Waals surface area contributed by atoms with Crippen LogP contribution in [-0.4, -0.2) is 46.4 Å². The lowest BCUT2D eigenvalue weighted by atomic mass is 9.87. The normalized spacial score (nSPS) is 28.0. The van der Waals surface area contributed by atoms with Crippen molar-refractivity contribution in [2.24, 2.45) is 11.8 Å². The van der Waals surface area contributed by atoms with E-state index in [9.17, 15) is 4.79 Å². The lowest BCUT2D eigenvalue weighted by Gasteiger charge is -2.32. The van der Waals surface area contributed by atoms with E-state index >= 15 is 0 Å². The van der Waals surface area contributed by atoms with E-state index in [0.29, 0.717) is 17.4 Å². The molecule has 4 nitrogen and oxygen atoms in total. The molecule has 2 aromatic rings. The topological polar surface area (TPSA) is 36.4 Å². The van der Waals surface area contributed by atoms with E-state index in [2.05, 4.69) is 46.0 Å². The summed E-state index contributed by atoms with van der Waals surface area (Å²) in [6.07, 6.45) is 8.90. The molecule has 0 bridgehead atoms. The first-order chi connectivity index (χ1) is 13.7. The van der Waals surface area contributed by atoms with E-state index < -0.39 is 0 Å². The number of carbonyl (C=O) groups is 1. The Bertz CT molecular complexity index is 846. The van der Waals surface area contributed by atoms with Gasteiger partial charge in [-0.1, -0.05) is 37.1 Å². The van der Waals surface area contributed by atoms with Crippen LogP contribution in [0.15, 0.2) is 48.8 Å². The molecule has 3 aliphatic rings. The van der Waals surface area contributed by atoms with Crippen LogP contribution in [0.4, 0.5) is 0 Å². The summed E-state index contributed by atoms with van der Waals surface area (Å²) in [4.78, 5) is 22.4. The van der Waals surface area contributed by atoms with Crippen molar-refractivity contribution in [3.63, 3.8) is 0 Å². The van der Waals surface area contributed by atoms with E-state index in [4.69, 9.17) is 0 Å². The second kappa shape index (κ2) is 7.32. The summed E-state index contributed by atoms with van der Waals surface area (Å²) in [7, 11) is 0. The van der Waals surface area contributed by atoms with Gasteiger partial charge in [0.25, 0.3) is 5.91 Å². The van der Waals surface area contributed by atoms with Crippen molar-refractivity contribution in [1.29, 1.82) is 0 Å². The van der Waals surface area contributed by atoms with E-state index in [1.165, 1.54) is 36.8 Å². The van der Waals surface area contributed by atoms with Crippen molar-refractivity contribution in [2.45, 2.75) is 44.7 Å². The number of aromatic nitrogens is 1. The molecule has 3 atom stereocenters. The molecular formula is C24H29N3O. The summed E-state index contributed by atoms with van der Waals surface area (Å²) in [6.45, 7) is 5.32. The van der Waals surface area contributed by atoms with Crippen molar-refractivity contribution >= 4 is 5.91 Å². The highest BCUT2D eigenvalue weighted by Crippen LogP contribution is 2.47. The van der Waals surface area contributed by atoms with E-state index in [-0.39, 0.29) is 11.9 Å². The molecule has 2 aliphatic heterocycles. The first-order valence-corrected chi connectivity index (χ1v) is 10.7.